The van der Waals surface area contributed by atoms with Gasteiger partial charge in [0, 0.05) is 20.7 Å². The molecular formula is C10H11ClOS. The van der Waals surface area contributed by atoms with Gasteiger partial charge in [-0.25, -0.2) is 0 Å². The van der Waals surface area contributed by atoms with Crippen LogP contribution in [0.4, 0.5) is 0 Å². The molecule has 1 aromatic rings. The minimum atomic E-state index is 0.472. The Bertz CT molecular complexity index is 310. The van der Waals surface area contributed by atoms with Gasteiger partial charge < -0.3 is 0 Å². The van der Waals surface area contributed by atoms with Crippen LogP contribution in [0.2, 0.25) is 5.02 Å². The summed E-state index contributed by atoms with van der Waals surface area (Å²) in [7, 11) is 0. The van der Waals surface area contributed by atoms with Crippen LogP contribution >= 0.6 is 23.4 Å². The summed E-state index contributed by atoms with van der Waals surface area (Å²) in [5.74, 6) is 0. The van der Waals surface area contributed by atoms with Gasteiger partial charge in [0.25, 0.3) is 0 Å². The smallest absolute Gasteiger partial charge is 0.151 e. The lowest BCUT2D eigenvalue weighted by molar-refractivity contribution is 0.112. The molecule has 0 radical (unpaired) electrons. The van der Waals surface area contributed by atoms with Gasteiger partial charge in [-0.3, -0.25) is 4.79 Å². The molecule has 0 bridgehead atoms. The van der Waals surface area contributed by atoms with Crippen LogP contribution in [0.5, 0.6) is 0 Å². The normalized spacial score (nSPS) is 10.5. The molecule has 1 rings (SSSR count). The van der Waals surface area contributed by atoms with E-state index in [0.717, 1.165) is 11.2 Å². The molecule has 0 aliphatic heterocycles. The van der Waals surface area contributed by atoms with Crippen molar-refractivity contribution in [1.29, 1.82) is 0 Å². The maximum absolute atomic E-state index is 10.7. The van der Waals surface area contributed by atoms with Crippen molar-refractivity contribution in [2.24, 2.45) is 0 Å². The number of carbonyl (C=O) groups is 1. The Kier molecular flexibility index (Phi) is 3.82. The molecule has 0 unspecified atom stereocenters. The fraction of sp³-hybridized carbons (Fsp3) is 0.300. The number of thioether (sulfide) groups is 1. The maximum atomic E-state index is 10.7. The highest BCUT2D eigenvalue weighted by Crippen LogP contribution is 2.27. The van der Waals surface area contributed by atoms with Crippen LogP contribution in [0.15, 0.2) is 23.1 Å². The third kappa shape index (κ3) is 3.05. The average Bonchev–Trinajstić information content (AvgIpc) is 2.07. The monoisotopic (exact) mass is 214 g/mol. The van der Waals surface area contributed by atoms with Crippen LogP contribution in [0, 0.1) is 0 Å². The van der Waals surface area contributed by atoms with Gasteiger partial charge in [0.1, 0.15) is 0 Å². The predicted molar refractivity (Wildman–Crippen MR) is 57.8 cm³/mol. The van der Waals surface area contributed by atoms with Gasteiger partial charge in [0.15, 0.2) is 6.29 Å². The number of aldehydes is 1. The second kappa shape index (κ2) is 4.68. The fourth-order valence-corrected chi connectivity index (χ4v) is 2.05. The summed E-state index contributed by atoms with van der Waals surface area (Å²) in [6, 6.07) is 5.38. The first-order chi connectivity index (χ1) is 6.13. The van der Waals surface area contributed by atoms with Crippen molar-refractivity contribution in [3.8, 4) is 0 Å². The molecule has 3 heteroatoms. The summed E-state index contributed by atoms with van der Waals surface area (Å²) in [6.07, 6.45) is 0.844. The Labute approximate surface area is 87.5 Å². The van der Waals surface area contributed by atoms with Crippen LogP contribution in [0.1, 0.15) is 24.2 Å². The van der Waals surface area contributed by atoms with Crippen LogP contribution in [-0.4, -0.2) is 11.5 Å². The number of halogens is 1. The standard InChI is InChI=1S/C10H11ClOS/c1-7(2)13-10-4-3-9(11)5-8(10)6-12/h3-7H,1-2H3. The first-order valence-corrected chi connectivity index (χ1v) is 5.30. The second-order valence-corrected chi connectivity index (χ2v) is 5.02. The Morgan fingerprint density at radius 3 is 2.69 bits per heavy atom. The van der Waals surface area contributed by atoms with Crippen LogP contribution in [0.25, 0.3) is 0 Å². The Morgan fingerprint density at radius 1 is 1.46 bits per heavy atom. The third-order valence-corrected chi connectivity index (χ3v) is 2.79. The van der Waals surface area contributed by atoms with Gasteiger partial charge in [-0.1, -0.05) is 25.4 Å². The highest BCUT2D eigenvalue weighted by Gasteiger charge is 2.04. The van der Waals surface area contributed by atoms with E-state index in [9.17, 15) is 4.79 Å². The van der Waals surface area contributed by atoms with E-state index in [1.54, 1.807) is 23.9 Å². The van der Waals surface area contributed by atoms with Crippen molar-refractivity contribution in [2.45, 2.75) is 24.0 Å². The topological polar surface area (TPSA) is 17.1 Å². The van der Waals surface area contributed by atoms with Gasteiger partial charge in [0.05, 0.1) is 0 Å². The number of hydrogen-bond donors (Lipinski definition) is 0. The third-order valence-electron chi connectivity index (χ3n) is 1.46. The largest absolute Gasteiger partial charge is 0.298 e. The van der Waals surface area contributed by atoms with Crippen molar-refractivity contribution >= 4 is 29.6 Å². The summed E-state index contributed by atoms with van der Waals surface area (Å²) in [5, 5.41) is 1.08. The van der Waals surface area contributed by atoms with Gasteiger partial charge in [0.2, 0.25) is 0 Å². The van der Waals surface area contributed by atoms with E-state index in [0.29, 0.717) is 15.8 Å². The molecule has 0 atom stereocenters. The number of benzene rings is 1. The predicted octanol–water partition coefficient (Wildman–Crippen LogP) is 3.65. The van der Waals surface area contributed by atoms with E-state index in [1.807, 2.05) is 6.07 Å². The van der Waals surface area contributed by atoms with E-state index in [1.165, 1.54) is 0 Å². The molecule has 0 amide bonds. The SMILES string of the molecule is CC(C)Sc1ccc(Cl)cc1C=O. The maximum Gasteiger partial charge on any atom is 0.151 e. The molecule has 1 aromatic carbocycles. The number of rotatable bonds is 3. The first-order valence-electron chi connectivity index (χ1n) is 4.05. The van der Waals surface area contributed by atoms with E-state index in [4.69, 9.17) is 11.6 Å². The number of hydrogen-bond acceptors (Lipinski definition) is 2. The van der Waals surface area contributed by atoms with Gasteiger partial charge in [-0.05, 0) is 18.2 Å². The van der Waals surface area contributed by atoms with Gasteiger partial charge in [-0.2, -0.15) is 0 Å². The lowest BCUT2D eigenvalue weighted by Crippen LogP contribution is -1.90. The molecule has 1 nitrogen and oxygen atoms in total. The molecule has 0 N–H and O–H groups in total. The molecule has 0 heterocycles. The molecular weight excluding hydrogens is 204 g/mol. The second-order valence-electron chi connectivity index (χ2n) is 2.97. The van der Waals surface area contributed by atoms with E-state index < -0.39 is 0 Å². The Morgan fingerprint density at radius 2 is 2.15 bits per heavy atom. The van der Waals surface area contributed by atoms with Crippen molar-refractivity contribution < 1.29 is 4.79 Å². The molecule has 0 aliphatic rings. The van der Waals surface area contributed by atoms with Crippen LogP contribution in [0.3, 0.4) is 0 Å². The molecule has 70 valence electrons. The van der Waals surface area contributed by atoms with Crippen molar-refractivity contribution in [1.82, 2.24) is 0 Å². The summed E-state index contributed by atoms with van der Waals surface area (Å²) < 4.78 is 0. The zero-order chi connectivity index (χ0) is 9.84. The molecule has 0 fully saturated rings. The number of carbonyl (C=O) groups excluding carboxylic acids is 1. The van der Waals surface area contributed by atoms with E-state index in [2.05, 4.69) is 13.8 Å². The highest BCUT2D eigenvalue weighted by atomic mass is 35.5. The summed E-state index contributed by atoms with van der Waals surface area (Å²) in [5.41, 5.74) is 0.672. The van der Waals surface area contributed by atoms with Crippen molar-refractivity contribution in [3.05, 3.63) is 28.8 Å². The Balaban J connectivity index is 2.99. The molecule has 0 aromatic heterocycles. The van der Waals surface area contributed by atoms with E-state index >= 15 is 0 Å². The zero-order valence-electron chi connectivity index (χ0n) is 7.58. The quantitative estimate of drug-likeness (QED) is 0.564. The van der Waals surface area contributed by atoms with Crippen molar-refractivity contribution in [2.75, 3.05) is 0 Å². The highest BCUT2D eigenvalue weighted by molar-refractivity contribution is 8.00. The Hall–Kier alpha value is -0.470. The zero-order valence-corrected chi connectivity index (χ0v) is 9.15. The van der Waals surface area contributed by atoms with Crippen LogP contribution in [-0.2, 0) is 0 Å². The summed E-state index contributed by atoms with van der Waals surface area (Å²) in [4.78, 5) is 11.7. The van der Waals surface area contributed by atoms with Crippen LogP contribution < -0.4 is 0 Å². The summed E-state index contributed by atoms with van der Waals surface area (Å²) >= 11 is 7.43. The lowest BCUT2D eigenvalue weighted by Gasteiger charge is -2.07. The molecule has 0 spiro atoms. The molecule has 0 saturated heterocycles. The van der Waals surface area contributed by atoms with E-state index in [-0.39, 0.29) is 0 Å². The lowest BCUT2D eigenvalue weighted by atomic mass is 10.2. The fourth-order valence-electron chi connectivity index (χ4n) is 0.973. The average molecular weight is 215 g/mol. The minimum absolute atomic E-state index is 0.472. The van der Waals surface area contributed by atoms with Gasteiger partial charge >= 0.3 is 0 Å². The van der Waals surface area contributed by atoms with Gasteiger partial charge in [-0.15, -0.1) is 11.8 Å². The van der Waals surface area contributed by atoms with Crippen molar-refractivity contribution in [3.63, 3.8) is 0 Å². The first kappa shape index (κ1) is 10.6. The summed E-state index contributed by atoms with van der Waals surface area (Å²) in [6.45, 7) is 4.18. The molecule has 0 saturated carbocycles. The molecule has 13 heavy (non-hydrogen) atoms. The minimum Gasteiger partial charge on any atom is -0.298 e. The molecule has 0 aliphatic carbocycles.